The first-order chi connectivity index (χ1) is 13.5. The first kappa shape index (κ1) is 20.2. The van der Waals surface area contributed by atoms with E-state index in [2.05, 4.69) is 5.32 Å². The van der Waals surface area contributed by atoms with Gasteiger partial charge in [-0.1, -0.05) is 18.2 Å². The Balaban J connectivity index is 0.00000240. The molecule has 0 spiro atoms. The maximum atomic E-state index is 14.1. The summed E-state index contributed by atoms with van der Waals surface area (Å²) in [6, 6.07) is 14.4. The SMILES string of the molecule is O=C([O-])c1sc2c(ccc(=O)n2-c2ccccc2)c1Nc1ccc(F)cc1F.[NH4+]. The van der Waals surface area contributed by atoms with Crippen LogP contribution in [0.1, 0.15) is 9.67 Å². The van der Waals surface area contributed by atoms with E-state index in [0.717, 1.165) is 17.4 Å². The Morgan fingerprint density at radius 3 is 2.41 bits per heavy atom. The van der Waals surface area contributed by atoms with Crippen LogP contribution in [0.25, 0.3) is 15.9 Å². The minimum Gasteiger partial charge on any atom is -0.544 e. The van der Waals surface area contributed by atoms with Gasteiger partial charge in [-0.15, -0.1) is 11.3 Å². The second-order valence-corrected chi connectivity index (χ2v) is 6.90. The normalized spacial score (nSPS) is 10.6. The summed E-state index contributed by atoms with van der Waals surface area (Å²) in [5.74, 6) is -3.10. The Kier molecular flexibility index (Phi) is 5.44. The largest absolute Gasteiger partial charge is 0.544 e. The number of aromatic carboxylic acids is 1. The molecule has 0 saturated carbocycles. The van der Waals surface area contributed by atoms with Crippen LogP contribution in [0.15, 0.2) is 65.5 Å². The van der Waals surface area contributed by atoms with Gasteiger partial charge in [-0.2, -0.15) is 0 Å². The van der Waals surface area contributed by atoms with Crippen molar-refractivity contribution < 1.29 is 18.7 Å². The van der Waals surface area contributed by atoms with Crippen LogP contribution in [0.5, 0.6) is 0 Å². The Bertz CT molecular complexity index is 1270. The van der Waals surface area contributed by atoms with Crippen LogP contribution >= 0.6 is 11.3 Å². The van der Waals surface area contributed by atoms with Gasteiger partial charge in [0.2, 0.25) is 0 Å². The fourth-order valence-corrected chi connectivity index (χ4v) is 4.00. The summed E-state index contributed by atoms with van der Waals surface area (Å²) in [5, 5.41) is 14.8. The number of carbonyl (C=O) groups excluding carboxylic acids is 1. The van der Waals surface area contributed by atoms with E-state index in [1.54, 1.807) is 30.3 Å². The van der Waals surface area contributed by atoms with Gasteiger partial charge >= 0.3 is 0 Å². The van der Waals surface area contributed by atoms with Gasteiger partial charge in [0.25, 0.3) is 5.56 Å². The molecule has 2 heterocycles. The van der Waals surface area contributed by atoms with Gasteiger partial charge in [0, 0.05) is 17.5 Å². The number of benzene rings is 2. The number of carboxylic acid groups (broad SMARTS) is 1. The van der Waals surface area contributed by atoms with E-state index in [9.17, 15) is 23.5 Å². The lowest BCUT2D eigenvalue weighted by molar-refractivity contribution is -0.254. The Labute approximate surface area is 167 Å². The summed E-state index contributed by atoms with van der Waals surface area (Å²) in [4.78, 5) is 24.3. The zero-order valence-electron chi connectivity index (χ0n) is 15.1. The van der Waals surface area contributed by atoms with Gasteiger partial charge in [0.1, 0.15) is 16.5 Å². The number of nitrogens with one attached hydrogen (secondary N) is 1. The molecule has 0 aliphatic carbocycles. The molecule has 0 saturated heterocycles. The summed E-state index contributed by atoms with van der Waals surface area (Å²) in [6.07, 6.45) is 0. The number of hydrogen-bond donors (Lipinski definition) is 2. The van der Waals surface area contributed by atoms with Crippen LogP contribution in [0.2, 0.25) is 0 Å². The number of anilines is 2. The number of hydrogen-bond acceptors (Lipinski definition) is 5. The molecule has 9 heteroatoms. The van der Waals surface area contributed by atoms with E-state index >= 15 is 0 Å². The van der Waals surface area contributed by atoms with Crippen LogP contribution in [0, 0.1) is 11.6 Å². The molecule has 0 fully saturated rings. The molecule has 0 amide bonds. The fourth-order valence-electron chi connectivity index (χ4n) is 2.90. The zero-order valence-corrected chi connectivity index (χ0v) is 15.9. The van der Waals surface area contributed by atoms with Gasteiger partial charge in [-0.25, -0.2) is 8.78 Å². The number of halogens is 2. The highest BCUT2D eigenvalue weighted by atomic mass is 32.1. The number of carbonyl (C=O) groups is 1. The van der Waals surface area contributed by atoms with Crippen LogP contribution in [-0.4, -0.2) is 10.5 Å². The Morgan fingerprint density at radius 1 is 1.03 bits per heavy atom. The second-order valence-electron chi connectivity index (χ2n) is 5.90. The van der Waals surface area contributed by atoms with Gasteiger partial charge in [0.15, 0.2) is 0 Å². The number of nitrogens with zero attached hydrogens (tertiary/aromatic N) is 1. The molecule has 4 aromatic rings. The maximum Gasteiger partial charge on any atom is 0.256 e. The minimum atomic E-state index is -1.47. The van der Waals surface area contributed by atoms with E-state index in [-0.39, 0.29) is 28.0 Å². The number of carboxylic acids is 1. The van der Waals surface area contributed by atoms with Gasteiger partial charge in [-0.3, -0.25) is 9.36 Å². The van der Waals surface area contributed by atoms with Crippen LogP contribution in [0.3, 0.4) is 0 Å². The topological polar surface area (TPSA) is 111 Å². The van der Waals surface area contributed by atoms with Crippen molar-refractivity contribution in [3.05, 3.63) is 87.5 Å². The standard InChI is InChI=1S/C20H12F2N2O3S.H3N/c21-11-6-8-15(14(22)10-11)23-17-13-7-9-16(25)24(12-4-2-1-3-5-12)19(13)28-18(17)20(26)27;/h1-10,23H,(H,26,27);1H3. The molecule has 2 aromatic heterocycles. The quantitative estimate of drug-likeness (QED) is 0.528. The average Bonchev–Trinajstić information content (AvgIpc) is 3.03. The molecule has 0 unspecified atom stereocenters. The van der Waals surface area contributed by atoms with Crippen molar-refractivity contribution in [2.24, 2.45) is 0 Å². The number of rotatable bonds is 4. The smallest absolute Gasteiger partial charge is 0.256 e. The predicted molar refractivity (Wildman–Crippen MR) is 107 cm³/mol. The highest BCUT2D eigenvalue weighted by Crippen LogP contribution is 2.38. The zero-order chi connectivity index (χ0) is 19.8. The first-order valence-electron chi connectivity index (χ1n) is 8.13. The van der Waals surface area contributed by atoms with Crippen molar-refractivity contribution in [3.63, 3.8) is 0 Å². The van der Waals surface area contributed by atoms with Crippen LogP contribution < -0.4 is 22.1 Å². The van der Waals surface area contributed by atoms with Gasteiger partial charge < -0.3 is 21.4 Å². The van der Waals surface area contributed by atoms with E-state index in [4.69, 9.17) is 0 Å². The van der Waals surface area contributed by atoms with E-state index in [1.807, 2.05) is 0 Å². The molecule has 0 atom stereocenters. The molecule has 4 rings (SSSR count). The molecule has 148 valence electrons. The van der Waals surface area contributed by atoms with Crippen LogP contribution in [0.4, 0.5) is 20.2 Å². The van der Waals surface area contributed by atoms with E-state index < -0.39 is 17.6 Å². The van der Waals surface area contributed by atoms with Crippen molar-refractivity contribution in [1.82, 2.24) is 10.7 Å². The lowest BCUT2D eigenvalue weighted by atomic mass is 10.2. The lowest BCUT2D eigenvalue weighted by Crippen LogP contribution is -2.21. The highest BCUT2D eigenvalue weighted by molar-refractivity contribution is 7.21. The van der Waals surface area contributed by atoms with Gasteiger partial charge in [0.05, 0.1) is 27.9 Å². The number of thiophene rings is 1. The Hall–Kier alpha value is -3.56. The molecule has 0 aliphatic rings. The average molecular weight is 415 g/mol. The molecule has 0 radical (unpaired) electrons. The number of pyridine rings is 1. The summed E-state index contributed by atoms with van der Waals surface area (Å²) in [5.41, 5.74) is 0.198. The number of para-hydroxylation sites is 1. The molecule has 6 nitrogen and oxygen atoms in total. The van der Waals surface area contributed by atoms with Crippen molar-refractivity contribution >= 4 is 38.9 Å². The number of fused-ring (bicyclic) bond motifs is 1. The summed E-state index contributed by atoms with van der Waals surface area (Å²) in [7, 11) is 0. The van der Waals surface area contributed by atoms with Crippen molar-refractivity contribution in [1.29, 1.82) is 0 Å². The molecule has 0 bridgehead atoms. The summed E-state index contributed by atoms with van der Waals surface area (Å²) >= 11 is 0.838. The third-order valence-corrected chi connectivity index (χ3v) is 5.30. The minimum absolute atomic E-state index is 0. The highest BCUT2D eigenvalue weighted by Gasteiger charge is 2.18. The van der Waals surface area contributed by atoms with Crippen molar-refractivity contribution in [3.8, 4) is 5.69 Å². The number of aromatic nitrogens is 1. The summed E-state index contributed by atoms with van der Waals surface area (Å²) in [6.45, 7) is 0. The van der Waals surface area contributed by atoms with Gasteiger partial charge in [-0.05, 0) is 30.3 Å². The lowest BCUT2D eigenvalue weighted by Gasteiger charge is -2.10. The fraction of sp³-hybridized carbons (Fsp3) is 0. The van der Waals surface area contributed by atoms with E-state index in [1.165, 1.54) is 22.8 Å². The molecular formula is C20H15F2N3O3S. The Morgan fingerprint density at radius 2 is 1.76 bits per heavy atom. The molecule has 5 N–H and O–H groups in total. The molecular weight excluding hydrogens is 400 g/mol. The third kappa shape index (κ3) is 3.60. The van der Waals surface area contributed by atoms with Crippen molar-refractivity contribution in [2.45, 2.75) is 0 Å². The maximum absolute atomic E-state index is 14.1. The monoisotopic (exact) mass is 415 g/mol. The summed E-state index contributed by atoms with van der Waals surface area (Å²) < 4.78 is 28.6. The first-order valence-corrected chi connectivity index (χ1v) is 8.95. The van der Waals surface area contributed by atoms with Crippen LogP contribution in [-0.2, 0) is 0 Å². The molecule has 0 aliphatic heterocycles. The van der Waals surface area contributed by atoms with E-state index in [0.29, 0.717) is 22.0 Å². The molecule has 29 heavy (non-hydrogen) atoms. The third-order valence-electron chi connectivity index (χ3n) is 4.13. The van der Waals surface area contributed by atoms with Crippen molar-refractivity contribution in [2.75, 3.05) is 5.32 Å². The number of quaternary nitrogens is 1. The molecule has 2 aromatic carbocycles. The predicted octanol–water partition coefficient (Wildman–Crippen LogP) is 3.81. The second kappa shape index (κ2) is 7.82.